The normalized spacial score (nSPS) is 17.5. The molecule has 19 heavy (non-hydrogen) atoms. The molecule has 0 atom stereocenters. The molecule has 0 spiro atoms. The molecule has 1 saturated heterocycles. The fourth-order valence-electron chi connectivity index (χ4n) is 2.29. The molecule has 0 amide bonds. The zero-order chi connectivity index (χ0) is 13.7. The molecule has 1 heterocycles. The molecule has 2 rings (SSSR count). The number of hydrogen-bond acceptors (Lipinski definition) is 4. The van der Waals surface area contributed by atoms with Crippen molar-refractivity contribution in [2.24, 2.45) is 5.14 Å². The summed E-state index contributed by atoms with van der Waals surface area (Å²) in [4.78, 5) is 0.169. The maximum absolute atomic E-state index is 11.1. The summed E-state index contributed by atoms with van der Waals surface area (Å²) >= 11 is 0. The average Bonchev–Trinajstić information content (AvgIpc) is 2.39. The Balaban J connectivity index is 1.80. The third kappa shape index (κ3) is 4.58. The van der Waals surface area contributed by atoms with Crippen molar-refractivity contribution in [2.45, 2.75) is 30.2 Å². The fourth-order valence-corrected chi connectivity index (χ4v) is 2.81. The summed E-state index contributed by atoms with van der Waals surface area (Å²) in [6, 6.07) is 7.38. The first-order chi connectivity index (χ1) is 9.05. The molecule has 4 N–H and O–H groups in total. The SMILES string of the molecule is NS(=O)(=O)c1ccc(CCNC2CCNCC2)cc1. The topological polar surface area (TPSA) is 84.2 Å². The Hall–Kier alpha value is -0.950. The van der Waals surface area contributed by atoms with Gasteiger partial charge in [-0.2, -0.15) is 0 Å². The van der Waals surface area contributed by atoms with Crippen LogP contribution in [0.4, 0.5) is 0 Å². The second-order valence-corrected chi connectivity index (χ2v) is 6.48. The van der Waals surface area contributed by atoms with Crippen LogP contribution in [0.3, 0.4) is 0 Å². The molecule has 1 aromatic rings. The van der Waals surface area contributed by atoms with Gasteiger partial charge in [-0.05, 0) is 56.6 Å². The van der Waals surface area contributed by atoms with Gasteiger partial charge in [-0.25, -0.2) is 13.6 Å². The van der Waals surface area contributed by atoms with E-state index in [1.165, 1.54) is 12.8 Å². The van der Waals surface area contributed by atoms with E-state index in [9.17, 15) is 8.42 Å². The van der Waals surface area contributed by atoms with Crippen molar-refractivity contribution in [3.05, 3.63) is 29.8 Å². The Morgan fingerprint density at radius 3 is 2.42 bits per heavy atom. The summed E-state index contributed by atoms with van der Waals surface area (Å²) in [7, 11) is -3.58. The second kappa shape index (κ2) is 6.47. The number of rotatable bonds is 5. The Morgan fingerprint density at radius 1 is 1.21 bits per heavy atom. The molecule has 0 bridgehead atoms. The van der Waals surface area contributed by atoms with Crippen LogP contribution in [0.25, 0.3) is 0 Å². The van der Waals surface area contributed by atoms with Crippen LogP contribution in [-0.4, -0.2) is 34.1 Å². The van der Waals surface area contributed by atoms with Crippen LogP contribution in [0, 0.1) is 0 Å². The average molecular weight is 283 g/mol. The molecule has 0 saturated carbocycles. The summed E-state index contributed by atoms with van der Waals surface area (Å²) < 4.78 is 22.2. The van der Waals surface area contributed by atoms with Gasteiger partial charge >= 0.3 is 0 Å². The smallest absolute Gasteiger partial charge is 0.238 e. The summed E-state index contributed by atoms with van der Waals surface area (Å²) in [5, 5.41) is 11.9. The molecule has 1 aliphatic heterocycles. The van der Waals surface area contributed by atoms with E-state index in [2.05, 4.69) is 10.6 Å². The van der Waals surface area contributed by atoms with Gasteiger partial charge in [0.2, 0.25) is 10.0 Å². The zero-order valence-electron chi connectivity index (χ0n) is 10.9. The lowest BCUT2D eigenvalue weighted by atomic mass is 10.1. The van der Waals surface area contributed by atoms with Crippen molar-refractivity contribution in [3.63, 3.8) is 0 Å². The molecular formula is C13H21N3O2S. The molecule has 6 heteroatoms. The van der Waals surface area contributed by atoms with Gasteiger partial charge in [0.05, 0.1) is 4.90 Å². The molecule has 0 radical (unpaired) electrons. The van der Waals surface area contributed by atoms with Crippen molar-refractivity contribution in [2.75, 3.05) is 19.6 Å². The molecule has 0 unspecified atom stereocenters. The molecule has 0 aromatic heterocycles. The standard InChI is InChI=1S/C13H21N3O2S/c14-19(17,18)13-3-1-11(2-4-13)5-10-16-12-6-8-15-9-7-12/h1-4,12,15-16H,5-10H2,(H2,14,17,18). The van der Waals surface area contributed by atoms with Gasteiger partial charge in [0.1, 0.15) is 0 Å². The van der Waals surface area contributed by atoms with Gasteiger partial charge in [-0.15, -0.1) is 0 Å². The van der Waals surface area contributed by atoms with Gasteiger partial charge in [0.25, 0.3) is 0 Å². The molecule has 106 valence electrons. The van der Waals surface area contributed by atoms with E-state index in [0.29, 0.717) is 6.04 Å². The fraction of sp³-hybridized carbons (Fsp3) is 0.538. The molecule has 1 fully saturated rings. The first kappa shape index (κ1) is 14.5. The quantitative estimate of drug-likeness (QED) is 0.721. The van der Waals surface area contributed by atoms with Crippen molar-refractivity contribution >= 4 is 10.0 Å². The third-order valence-electron chi connectivity index (χ3n) is 3.44. The Morgan fingerprint density at radius 2 is 1.84 bits per heavy atom. The van der Waals surface area contributed by atoms with Crippen LogP contribution in [0.5, 0.6) is 0 Å². The maximum Gasteiger partial charge on any atom is 0.238 e. The van der Waals surface area contributed by atoms with Crippen LogP contribution >= 0.6 is 0 Å². The number of hydrogen-bond donors (Lipinski definition) is 3. The lowest BCUT2D eigenvalue weighted by molar-refractivity contribution is 0.389. The second-order valence-electron chi connectivity index (χ2n) is 4.92. The van der Waals surface area contributed by atoms with Gasteiger partial charge in [-0.3, -0.25) is 0 Å². The number of sulfonamides is 1. The number of nitrogens with one attached hydrogen (secondary N) is 2. The molecule has 5 nitrogen and oxygen atoms in total. The first-order valence-electron chi connectivity index (χ1n) is 6.61. The van der Waals surface area contributed by atoms with Crippen LogP contribution in [0.15, 0.2) is 29.2 Å². The highest BCUT2D eigenvalue weighted by atomic mass is 32.2. The van der Waals surface area contributed by atoms with Crippen molar-refractivity contribution < 1.29 is 8.42 Å². The first-order valence-corrected chi connectivity index (χ1v) is 8.16. The van der Waals surface area contributed by atoms with E-state index in [4.69, 9.17) is 5.14 Å². The van der Waals surface area contributed by atoms with Crippen LogP contribution in [0.2, 0.25) is 0 Å². The number of benzene rings is 1. The third-order valence-corrected chi connectivity index (χ3v) is 4.37. The van der Waals surface area contributed by atoms with E-state index in [1.54, 1.807) is 12.1 Å². The van der Waals surface area contributed by atoms with Crippen molar-refractivity contribution in [1.82, 2.24) is 10.6 Å². The molecular weight excluding hydrogens is 262 g/mol. The van der Waals surface area contributed by atoms with E-state index >= 15 is 0 Å². The Labute approximate surface area is 114 Å². The van der Waals surface area contributed by atoms with E-state index in [0.717, 1.165) is 31.6 Å². The summed E-state index contributed by atoms with van der Waals surface area (Å²) in [5.41, 5.74) is 1.12. The maximum atomic E-state index is 11.1. The lowest BCUT2D eigenvalue weighted by Crippen LogP contribution is -2.40. The van der Waals surface area contributed by atoms with Crippen molar-refractivity contribution in [3.8, 4) is 0 Å². The Bertz CT molecular complexity index is 493. The highest BCUT2D eigenvalue weighted by Gasteiger charge is 2.11. The molecule has 1 aromatic carbocycles. The van der Waals surface area contributed by atoms with Gasteiger partial charge in [-0.1, -0.05) is 12.1 Å². The summed E-state index contributed by atoms with van der Waals surface area (Å²) in [6.07, 6.45) is 3.24. The molecule has 0 aliphatic carbocycles. The summed E-state index contributed by atoms with van der Waals surface area (Å²) in [5.74, 6) is 0. The van der Waals surface area contributed by atoms with E-state index in [1.807, 2.05) is 12.1 Å². The minimum Gasteiger partial charge on any atom is -0.317 e. The predicted octanol–water partition coefficient (Wildman–Crippen LogP) is 0.218. The number of nitrogens with two attached hydrogens (primary N) is 1. The van der Waals surface area contributed by atoms with Crippen molar-refractivity contribution in [1.29, 1.82) is 0 Å². The van der Waals surface area contributed by atoms with Gasteiger partial charge in [0.15, 0.2) is 0 Å². The predicted molar refractivity (Wildman–Crippen MR) is 75.4 cm³/mol. The van der Waals surface area contributed by atoms with E-state index < -0.39 is 10.0 Å². The largest absolute Gasteiger partial charge is 0.317 e. The Kier molecular flexibility index (Phi) is 4.93. The van der Waals surface area contributed by atoms with E-state index in [-0.39, 0.29) is 4.90 Å². The monoisotopic (exact) mass is 283 g/mol. The van der Waals surface area contributed by atoms with Gasteiger partial charge < -0.3 is 10.6 Å². The van der Waals surface area contributed by atoms with Crippen LogP contribution in [-0.2, 0) is 16.4 Å². The summed E-state index contributed by atoms with van der Waals surface area (Å²) in [6.45, 7) is 3.08. The minimum absolute atomic E-state index is 0.169. The molecule has 1 aliphatic rings. The zero-order valence-corrected chi connectivity index (χ0v) is 11.7. The van der Waals surface area contributed by atoms with Crippen LogP contribution < -0.4 is 15.8 Å². The highest BCUT2D eigenvalue weighted by Crippen LogP contribution is 2.09. The highest BCUT2D eigenvalue weighted by molar-refractivity contribution is 7.89. The minimum atomic E-state index is -3.58. The number of piperidine rings is 1. The van der Waals surface area contributed by atoms with Gasteiger partial charge in [0, 0.05) is 6.04 Å². The number of primary sulfonamides is 1. The van der Waals surface area contributed by atoms with Crippen LogP contribution in [0.1, 0.15) is 18.4 Å². The lowest BCUT2D eigenvalue weighted by Gasteiger charge is -2.23.